The van der Waals surface area contributed by atoms with Crippen molar-refractivity contribution < 1.29 is 4.42 Å². The number of nitrogens with zero attached hydrogens (tertiary/aromatic N) is 3. The summed E-state index contributed by atoms with van der Waals surface area (Å²) in [5.74, 6) is 1.21. The second-order valence-electron chi connectivity index (χ2n) is 4.86. The van der Waals surface area contributed by atoms with Crippen LogP contribution in [0.15, 0.2) is 22.9 Å². The number of rotatable bonds is 5. The predicted octanol–water partition coefficient (Wildman–Crippen LogP) is 2.10. The Morgan fingerprint density at radius 2 is 2.33 bits per heavy atom. The second-order valence-corrected chi connectivity index (χ2v) is 5.20. The second kappa shape index (κ2) is 5.71. The molecule has 0 radical (unpaired) electrons. The highest BCUT2D eigenvalue weighted by atomic mass is 35.5. The Morgan fingerprint density at radius 3 is 3.05 bits per heavy atom. The highest BCUT2D eigenvalue weighted by molar-refractivity contribution is 6.28. The molecule has 1 atom stereocenters. The van der Waals surface area contributed by atoms with Crippen molar-refractivity contribution in [2.75, 3.05) is 5.32 Å². The maximum absolute atomic E-state index is 5.95. The van der Waals surface area contributed by atoms with E-state index in [9.17, 15) is 0 Å². The number of hydrogen-bond donors (Lipinski definition) is 3. The summed E-state index contributed by atoms with van der Waals surface area (Å²) in [5.41, 5.74) is 7.50. The highest BCUT2D eigenvalue weighted by Crippen LogP contribution is 2.24. The van der Waals surface area contributed by atoms with E-state index in [2.05, 4.69) is 25.3 Å². The van der Waals surface area contributed by atoms with Gasteiger partial charge in [0.2, 0.25) is 11.2 Å². The summed E-state index contributed by atoms with van der Waals surface area (Å²) in [6.07, 6.45) is 3.85. The number of aromatic amines is 1. The molecule has 110 valence electrons. The topological polar surface area (TPSA) is 106 Å². The minimum absolute atomic E-state index is 0.0604. The van der Waals surface area contributed by atoms with Crippen LogP contribution in [-0.2, 0) is 13.0 Å². The van der Waals surface area contributed by atoms with E-state index in [4.69, 9.17) is 21.8 Å². The molecule has 3 heterocycles. The molecule has 8 heteroatoms. The molecule has 0 amide bonds. The van der Waals surface area contributed by atoms with Crippen LogP contribution in [0.5, 0.6) is 0 Å². The highest BCUT2D eigenvalue weighted by Gasteiger charge is 2.12. The minimum atomic E-state index is 0.0604. The zero-order valence-corrected chi connectivity index (χ0v) is 12.2. The van der Waals surface area contributed by atoms with E-state index < -0.39 is 0 Å². The van der Waals surface area contributed by atoms with Gasteiger partial charge < -0.3 is 20.5 Å². The SMILES string of the molecule is CC(N)Cc1cc2c(NCc3ncco3)nc(Cl)nc2[nH]1. The fourth-order valence-electron chi connectivity index (χ4n) is 2.13. The van der Waals surface area contributed by atoms with Crippen molar-refractivity contribution in [1.29, 1.82) is 0 Å². The van der Waals surface area contributed by atoms with E-state index in [0.717, 1.165) is 17.5 Å². The molecule has 0 aliphatic carbocycles. The predicted molar refractivity (Wildman–Crippen MR) is 80.1 cm³/mol. The van der Waals surface area contributed by atoms with Gasteiger partial charge in [0.1, 0.15) is 17.7 Å². The quantitative estimate of drug-likeness (QED) is 0.623. The summed E-state index contributed by atoms with van der Waals surface area (Å²) < 4.78 is 5.18. The number of halogens is 1. The van der Waals surface area contributed by atoms with E-state index in [-0.39, 0.29) is 11.3 Å². The van der Waals surface area contributed by atoms with Crippen LogP contribution >= 0.6 is 11.6 Å². The summed E-state index contributed by atoms with van der Waals surface area (Å²) in [4.78, 5) is 15.7. The molecule has 7 nitrogen and oxygen atoms in total. The van der Waals surface area contributed by atoms with Crippen molar-refractivity contribution in [1.82, 2.24) is 19.9 Å². The first kappa shape index (κ1) is 13.8. The first-order chi connectivity index (χ1) is 10.1. The third-order valence-electron chi connectivity index (χ3n) is 2.95. The zero-order valence-electron chi connectivity index (χ0n) is 11.4. The number of hydrogen-bond acceptors (Lipinski definition) is 6. The van der Waals surface area contributed by atoms with Crippen molar-refractivity contribution in [3.8, 4) is 0 Å². The Kier molecular flexibility index (Phi) is 3.76. The Balaban J connectivity index is 1.90. The van der Waals surface area contributed by atoms with Crippen LogP contribution in [0, 0.1) is 0 Å². The molecule has 0 aliphatic rings. The first-order valence-corrected chi connectivity index (χ1v) is 6.92. The number of H-pyrrole nitrogens is 1. The number of oxazole rings is 1. The lowest BCUT2D eigenvalue weighted by Gasteiger charge is -2.04. The van der Waals surface area contributed by atoms with Crippen LogP contribution in [0.1, 0.15) is 18.5 Å². The molecule has 0 saturated carbocycles. The molecule has 0 saturated heterocycles. The molecule has 21 heavy (non-hydrogen) atoms. The molecule has 0 aliphatic heterocycles. The van der Waals surface area contributed by atoms with Crippen LogP contribution in [0.25, 0.3) is 11.0 Å². The van der Waals surface area contributed by atoms with Crippen molar-refractivity contribution >= 4 is 28.5 Å². The molecule has 0 spiro atoms. The Bertz CT molecular complexity index is 737. The van der Waals surface area contributed by atoms with Crippen LogP contribution in [0.2, 0.25) is 5.28 Å². The van der Waals surface area contributed by atoms with Crippen molar-refractivity contribution in [2.24, 2.45) is 5.73 Å². The number of aromatic nitrogens is 4. The van der Waals surface area contributed by atoms with Gasteiger partial charge in [0.25, 0.3) is 0 Å². The maximum Gasteiger partial charge on any atom is 0.226 e. The lowest BCUT2D eigenvalue weighted by Crippen LogP contribution is -2.17. The Hall–Kier alpha value is -2.12. The Labute approximate surface area is 125 Å². The van der Waals surface area contributed by atoms with Crippen LogP contribution in [-0.4, -0.2) is 26.0 Å². The summed E-state index contributed by atoms with van der Waals surface area (Å²) in [7, 11) is 0. The largest absolute Gasteiger partial charge is 0.447 e. The molecule has 3 aromatic heterocycles. The summed E-state index contributed by atoms with van der Waals surface area (Å²) in [6, 6.07) is 2.04. The third kappa shape index (κ3) is 3.14. The molecule has 0 bridgehead atoms. The van der Waals surface area contributed by atoms with Crippen molar-refractivity contribution in [3.05, 3.63) is 35.4 Å². The first-order valence-electron chi connectivity index (χ1n) is 6.55. The van der Waals surface area contributed by atoms with Gasteiger partial charge in [-0.25, -0.2) is 9.97 Å². The standard InChI is InChI=1S/C13H15ClN6O/c1-7(15)4-8-5-9-11(17-6-10-16-2-3-21-10)19-13(14)20-12(9)18-8/h2-3,5,7H,4,6,15H2,1H3,(H2,17,18,19,20). The summed E-state index contributed by atoms with van der Waals surface area (Å²) >= 11 is 5.95. The van der Waals surface area contributed by atoms with E-state index in [1.165, 1.54) is 6.26 Å². The van der Waals surface area contributed by atoms with Gasteiger partial charge in [0, 0.05) is 18.2 Å². The van der Waals surface area contributed by atoms with Crippen LogP contribution in [0.3, 0.4) is 0 Å². The molecule has 1 unspecified atom stereocenters. The van der Waals surface area contributed by atoms with Gasteiger partial charge in [0.15, 0.2) is 0 Å². The van der Waals surface area contributed by atoms with Gasteiger partial charge >= 0.3 is 0 Å². The average molecular weight is 307 g/mol. The van der Waals surface area contributed by atoms with E-state index >= 15 is 0 Å². The lowest BCUT2D eigenvalue weighted by molar-refractivity contribution is 0.503. The van der Waals surface area contributed by atoms with Gasteiger partial charge in [-0.05, 0) is 24.6 Å². The number of anilines is 1. The molecule has 4 N–H and O–H groups in total. The van der Waals surface area contributed by atoms with E-state index in [1.54, 1.807) is 6.20 Å². The van der Waals surface area contributed by atoms with Crippen molar-refractivity contribution in [2.45, 2.75) is 25.9 Å². The minimum Gasteiger partial charge on any atom is -0.447 e. The Morgan fingerprint density at radius 1 is 1.48 bits per heavy atom. The van der Waals surface area contributed by atoms with Crippen LogP contribution < -0.4 is 11.1 Å². The smallest absolute Gasteiger partial charge is 0.226 e. The maximum atomic E-state index is 5.95. The number of nitrogens with one attached hydrogen (secondary N) is 2. The lowest BCUT2D eigenvalue weighted by atomic mass is 10.2. The fourth-order valence-corrected chi connectivity index (χ4v) is 2.30. The average Bonchev–Trinajstić information content (AvgIpc) is 3.03. The van der Waals surface area contributed by atoms with Gasteiger partial charge in [-0.1, -0.05) is 0 Å². The van der Waals surface area contributed by atoms with Gasteiger partial charge in [-0.3, -0.25) is 0 Å². The summed E-state index contributed by atoms with van der Waals surface area (Å²) in [6.45, 7) is 2.37. The number of nitrogens with two attached hydrogens (primary N) is 1. The van der Waals surface area contributed by atoms with Gasteiger partial charge in [-0.15, -0.1) is 0 Å². The molecule has 0 aromatic carbocycles. The van der Waals surface area contributed by atoms with Gasteiger partial charge in [-0.2, -0.15) is 4.98 Å². The molecular weight excluding hydrogens is 292 g/mol. The van der Waals surface area contributed by atoms with Crippen molar-refractivity contribution in [3.63, 3.8) is 0 Å². The molecular formula is C13H15ClN6O. The zero-order chi connectivity index (χ0) is 14.8. The third-order valence-corrected chi connectivity index (χ3v) is 3.12. The molecule has 3 aromatic rings. The van der Waals surface area contributed by atoms with Crippen LogP contribution in [0.4, 0.5) is 5.82 Å². The van der Waals surface area contributed by atoms with E-state index in [1.807, 2.05) is 13.0 Å². The van der Waals surface area contributed by atoms with Gasteiger partial charge in [0.05, 0.1) is 18.1 Å². The fraction of sp³-hybridized carbons (Fsp3) is 0.308. The molecule has 0 fully saturated rings. The normalized spacial score (nSPS) is 12.7. The number of fused-ring (bicyclic) bond motifs is 1. The summed E-state index contributed by atoms with van der Waals surface area (Å²) in [5, 5.41) is 4.19. The van der Waals surface area contributed by atoms with E-state index in [0.29, 0.717) is 23.9 Å². The molecule has 3 rings (SSSR count). The monoisotopic (exact) mass is 306 g/mol.